The van der Waals surface area contributed by atoms with E-state index in [2.05, 4.69) is 54.5 Å². The van der Waals surface area contributed by atoms with Crippen molar-refractivity contribution in [3.05, 3.63) is 75.3 Å². The van der Waals surface area contributed by atoms with Crippen molar-refractivity contribution in [3.63, 3.8) is 0 Å². The maximum atomic E-state index is 12.9. The molecule has 1 atom stereocenters. The Labute approximate surface area is 232 Å². The molecule has 1 N–H and O–H groups in total. The highest BCUT2D eigenvalue weighted by Crippen LogP contribution is 2.43. The molecule has 0 aliphatic heterocycles. The van der Waals surface area contributed by atoms with Gasteiger partial charge in [-0.2, -0.15) is 5.26 Å². The number of carbonyl (C=O) groups is 2. The molecule has 1 aliphatic carbocycles. The second-order valence-corrected chi connectivity index (χ2v) is 12.0. The number of aromatic nitrogens is 1. The molecule has 38 heavy (non-hydrogen) atoms. The Hall–Kier alpha value is -3.15. The Morgan fingerprint density at radius 3 is 2.74 bits per heavy atom. The Morgan fingerprint density at radius 1 is 1.24 bits per heavy atom. The smallest absolute Gasteiger partial charge is 0.341 e. The Bertz CT molecular complexity index is 1330. The molecule has 0 saturated heterocycles. The molecule has 2 aromatic heterocycles. The van der Waals surface area contributed by atoms with Gasteiger partial charge < -0.3 is 10.1 Å². The molecule has 0 fully saturated rings. The van der Waals surface area contributed by atoms with Crippen LogP contribution in [0.15, 0.2) is 47.5 Å². The van der Waals surface area contributed by atoms with Crippen LogP contribution in [-0.4, -0.2) is 29.2 Å². The highest BCUT2D eigenvalue weighted by molar-refractivity contribution is 7.99. The van der Waals surface area contributed by atoms with Crippen LogP contribution in [0.4, 0.5) is 5.00 Å². The number of benzene rings is 1. The van der Waals surface area contributed by atoms with Crippen LogP contribution < -0.4 is 5.32 Å². The van der Waals surface area contributed by atoms with Crippen LogP contribution in [0.25, 0.3) is 0 Å². The number of nitriles is 1. The number of nitrogens with zero attached hydrogens (tertiary/aromatic N) is 2. The zero-order chi connectivity index (χ0) is 27.1. The highest BCUT2D eigenvalue weighted by atomic mass is 32.2. The topological polar surface area (TPSA) is 92.1 Å². The van der Waals surface area contributed by atoms with E-state index in [1.54, 1.807) is 13.0 Å². The number of pyridine rings is 1. The van der Waals surface area contributed by atoms with Crippen LogP contribution in [-0.2, 0) is 28.8 Å². The SMILES string of the molecule is CCOC(=O)c1c(NC(=O)CCSc2nc(CC(C)C)ccc2C#N)sc2c1CCC(c1ccccc1)C2. The van der Waals surface area contributed by atoms with Crippen molar-refractivity contribution in [1.82, 2.24) is 4.98 Å². The molecular weight excluding hydrogens is 514 g/mol. The number of esters is 1. The third-order valence-corrected chi connectivity index (χ3v) is 8.66. The van der Waals surface area contributed by atoms with Crippen molar-refractivity contribution in [3.8, 4) is 6.07 Å². The van der Waals surface area contributed by atoms with Gasteiger partial charge in [0.15, 0.2) is 0 Å². The number of hydrogen-bond donors (Lipinski definition) is 1. The third kappa shape index (κ3) is 6.83. The maximum Gasteiger partial charge on any atom is 0.341 e. The minimum Gasteiger partial charge on any atom is -0.462 e. The van der Waals surface area contributed by atoms with Crippen LogP contribution in [0.1, 0.15) is 77.2 Å². The summed E-state index contributed by atoms with van der Waals surface area (Å²) in [6, 6.07) is 16.3. The number of thioether (sulfide) groups is 1. The number of fused-ring (bicyclic) bond motifs is 1. The fourth-order valence-corrected chi connectivity index (χ4v) is 7.00. The van der Waals surface area contributed by atoms with Gasteiger partial charge >= 0.3 is 5.97 Å². The van der Waals surface area contributed by atoms with Crippen LogP contribution >= 0.6 is 23.1 Å². The number of hydrogen-bond acceptors (Lipinski definition) is 7. The van der Waals surface area contributed by atoms with E-state index in [1.807, 2.05) is 12.1 Å². The zero-order valence-electron chi connectivity index (χ0n) is 22.1. The van der Waals surface area contributed by atoms with E-state index in [-0.39, 0.29) is 24.9 Å². The summed E-state index contributed by atoms with van der Waals surface area (Å²) in [4.78, 5) is 31.6. The number of thiophene rings is 1. The Morgan fingerprint density at radius 2 is 2.03 bits per heavy atom. The molecule has 0 bridgehead atoms. The van der Waals surface area contributed by atoms with Crippen molar-refractivity contribution in [2.24, 2.45) is 5.92 Å². The average molecular weight is 548 g/mol. The average Bonchev–Trinajstić information content (AvgIpc) is 3.26. The minimum absolute atomic E-state index is 0.168. The van der Waals surface area contributed by atoms with Gasteiger partial charge in [-0.1, -0.05) is 44.2 Å². The van der Waals surface area contributed by atoms with Crippen molar-refractivity contribution in [2.75, 3.05) is 17.7 Å². The molecule has 4 rings (SSSR count). The second-order valence-electron chi connectivity index (χ2n) is 9.79. The highest BCUT2D eigenvalue weighted by Gasteiger charge is 2.30. The Kier molecular flexibility index (Phi) is 9.59. The first kappa shape index (κ1) is 27.9. The van der Waals surface area contributed by atoms with Gasteiger partial charge in [0.1, 0.15) is 16.1 Å². The number of amides is 1. The van der Waals surface area contributed by atoms with Gasteiger partial charge in [0.05, 0.1) is 17.7 Å². The van der Waals surface area contributed by atoms with Gasteiger partial charge in [0, 0.05) is 22.7 Å². The molecule has 3 aromatic rings. The van der Waals surface area contributed by atoms with Crippen molar-refractivity contribution < 1.29 is 14.3 Å². The van der Waals surface area contributed by atoms with Gasteiger partial charge in [0.2, 0.25) is 5.91 Å². The van der Waals surface area contributed by atoms with Crippen LogP contribution in [0.2, 0.25) is 0 Å². The number of ether oxygens (including phenoxy) is 1. The molecule has 1 aromatic carbocycles. The molecule has 198 valence electrons. The summed E-state index contributed by atoms with van der Waals surface area (Å²) in [5, 5.41) is 13.7. The molecule has 8 heteroatoms. The maximum absolute atomic E-state index is 12.9. The number of rotatable bonds is 10. The molecular formula is C30H33N3O3S2. The molecule has 1 unspecified atom stereocenters. The summed E-state index contributed by atoms with van der Waals surface area (Å²) >= 11 is 2.90. The fourth-order valence-electron chi connectivity index (χ4n) is 4.74. The summed E-state index contributed by atoms with van der Waals surface area (Å²) in [7, 11) is 0. The molecule has 0 spiro atoms. The van der Waals surface area contributed by atoms with Crippen molar-refractivity contribution >= 4 is 40.0 Å². The first-order valence-electron chi connectivity index (χ1n) is 13.1. The summed E-state index contributed by atoms with van der Waals surface area (Å²) in [6.07, 6.45) is 3.65. The van der Waals surface area contributed by atoms with Crippen LogP contribution in [0.5, 0.6) is 0 Å². The first-order chi connectivity index (χ1) is 18.4. The van der Waals surface area contributed by atoms with Crippen molar-refractivity contribution in [2.45, 2.75) is 63.8 Å². The summed E-state index contributed by atoms with van der Waals surface area (Å²) < 4.78 is 5.36. The standard InChI is InChI=1S/C30H33N3O3S2/c1-4-36-30(35)27-24-13-11-21(20-8-6-5-7-9-20)17-25(24)38-29(27)33-26(34)14-15-37-28-22(18-31)10-12-23(32-28)16-19(2)3/h5-10,12,19,21H,4,11,13-17H2,1-3H3,(H,33,34). The van der Waals surface area contributed by atoms with Gasteiger partial charge in [-0.3, -0.25) is 4.79 Å². The monoisotopic (exact) mass is 547 g/mol. The minimum atomic E-state index is -0.377. The number of carbonyl (C=O) groups excluding carboxylic acids is 2. The van der Waals surface area contributed by atoms with Crippen molar-refractivity contribution in [1.29, 1.82) is 5.26 Å². The van der Waals surface area contributed by atoms with Crippen LogP contribution in [0.3, 0.4) is 0 Å². The summed E-state index contributed by atoms with van der Waals surface area (Å²) in [6.45, 7) is 6.33. The lowest BCUT2D eigenvalue weighted by Crippen LogP contribution is -2.17. The molecule has 2 heterocycles. The predicted octanol–water partition coefficient (Wildman–Crippen LogP) is 6.78. The normalized spacial score (nSPS) is 14.6. The zero-order valence-corrected chi connectivity index (χ0v) is 23.7. The third-order valence-electron chi connectivity index (χ3n) is 6.49. The molecule has 1 amide bonds. The second kappa shape index (κ2) is 13.1. The van der Waals surface area contributed by atoms with Gasteiger partial charge in [0.25, 0.3) is 0 Å². The molecule has 0 saturated carbocycles. The van der Waals surface area contributed by atoms with E-state index in [1.165, 1.54) is 28.7 Å². The van der Waals surface area contributed by atoms with Gasteiger partial charge in [-0.15, -0.1) is 23.1 Å². The lowest BCUT2D eigenvalue weighted by Gasteiger charge is -2.23. The van der Waals surface area contributed by atoms with E-state index in [0.29, 0.717) is 38.7 Å². The molecule has 1 aliphatic rings. The lowest BCUT2D eigenvalue weighted by molar-refractivity contribution is -0.115. The quantitative estimate of drug-likeness (QED) is 0.222. The van der Waals surface area contributed by atoms with E-state index >= 15 is 0 Å². The predicted molar refractivity (Wildman–Crippen MR) is 153 cm³/mol. The largest absolute Gasteiger partial charge is 0.462 e. The van der Waals surface area contributed by atoms with E-state index in [0.717, 1.165) is 41.8 Å². The van der Waals surface area contributed by atoms with Crippen LogP contribution in [0, 0.1) is 17.2 Å². The Balaban J connectivity index is 1.45. The summed E-state index contributed by atoms with van der Waals surface area (Å²) in [5.74, 6) is 0.794. The number of anilines is 1. The molecule has 6 nitrogen and oxygen atoms in total. The van der Waals surface area contributed by atoms with Gasteiger partial charge in [-0.25, -0.2) is 9.78 Å². The fraction of sp³-hybridized carbons (Fsp3) is 0.400. The lowest BCUT2D eigenvalue weighted by atomic mass is 9.83. The first-order valence-corrected chi connectivity index (χ1v) is 14.9. The van der Waals surface area contributed by atoms with Gasteiger partial charge in [-0.05, 0) is 67.7 Å². The summed E-state index contributed by atoms with van der Waals surface area (Å²) in [5.41, 5.74) is 4.29. The number of nitrogens with one attached hydrogen (secondary N) is 1. The van der Waals surface area contributed by atoms with E-state index in [9.17, 15) is 14.9 Å². The molecule has 0 radical (unpaired) electrons. The van der Waals surface area contributed by atoms with E-state index in [4.69, 9.17) is 4.74 Å². The van der Waals surface area contributed by atoms with E-state index < -0.39 is 0 Å².